The van der Waals surface area contributed by atoms with Crippen molar-refractivity contribution >= 4 is 0 Å². The Morgan fingerprint density at radius 2 is 2.47 bits per heavy atom. The zero-order valence-electron chi connectivity index (χ0n) is 11.0. The molecule has 1 aliphatic rings. The number of aromatic nitrogens is 2. The highest BCUT2D eigenvalue weighted by atomic mass is 16.5. The standard InChI is InChI=1S/C13H23N3O/c1-4-5-10(2)15-11-6-9-17-12(11)13-14-7-8-16(13)3/h7-8,10-12,15H,4-6,9H2,1-3H3/t10?,11-,12-/m0/s1. The summed E-state index contributed by atoms with van der Waals surface area (Å²) < 4.78 is 7.87. The van der Waals surface area contributed by atoms with Crippen molar-refractivity contribution in [2.24, 2.45) is 7.05 Å². The van der Waals surface area contributed by atoms with Gasteiger partial charge in [0.2, 0.25) is 0 Å². The minimum atomic E-state index is 0.106. The van der Waals surface area contributed by atoms with Crippen molar-refractivity contribution in [1.82, 2.24) is 14.9 Å². The zero-order chi connectivity index (χ0) is 12.3. The molecule has 1 fully saturated rings. The van der Waals surface area contributed by atoms with E-state index in [1.165, 1.54) is 12.8 Å². The van der Waals surface area contributed by atoms with E-state index in [9.17, 15) is 0 Å². The first-order valence-corrected chi connectivity index (χ1v) is 6.57. The van der Waals surface area contributed by atoms with Gasteiger partial charge in [-0.25, -0.2) is 4.98 Å². The molecule has 4 nitrogen and oxygen atoms in total. The average Bonchev–Trinajstić information content (AvgIpc) is 2.87. The van der Waals surface area contributed by atoms with E-state index in [2.05, 4.69) is 28.7 Å². The highest BCUT2D eigenvalue weighted by Crippen LogP contribution is 2.28. The molecule has 2 rings (SSSR count). The molecular formula is C13H23N3O. The lowest BCUT2D eigenvalue weighted by Gasteiger charge is -2.23. The molecule has 0 amide bonds. The van der Waals surface area contributed by atoms with Crippen LogP contribution < -0.4 is 5.32 Å². The molecule has 0 radical (unpaired) electrons. The molecule has 0 spiro atoms. The van der Waals surface area contributed by atoms with Gasteiger partial charge in [0.15, 0.2) is 0 Å². The lowest BCUT2D eigenvalue weighted by atomic mass is 10.1. The Bertz CT molecular complexity index is 350. The second-order valence-corrected chi connectivity index (χ2v) is 4.94. The van der Waals surface area contributed by atoms with Crippen molar-refractivity contribution in [2.75, 3.05) is 6.61 Å². The number of rotatable bonds is 5. The van der Waals surface area contributed by atoms with Gasteiger partial charge in [0.25, 0.3) is 0 Å². The number of hydrogen-bond acceptors (Lipinski definition) is 3. The highest BCUT2D eigenvalue weighted by Gasteiger charge is 2.32. The molecule has 1 aromatic heterocycles. The third kappa shape index (κ3) is 2.87. The first-order chi connectivity index (χ1) is 8.22. The Hall–Kier alpha value is -0.870. The molecule has 3 atom stereocenters. The number of aryl methyl sites for hydroxylation is 1. The minimum Gasteiger partial charge on any atom is -0.369 e. The molecule has 2 heterocycles. The number of nitrogens with zero attached hydrogens (tertiary/aromatic N) is 2. The fourth-order valence-corrected chi connectivity index (χ4v) is 2.55. The van der Waals surface area contributed by atoms with Gasteiger partial charge in [-0.3, -0.25) is 0 Å². The van der Waals surface area contributed by atoms with Crippen LogP contribution >= 0.6 is 0 Å². The van der Waals surface area contributed by atoms with Crippen molar-refractivity contribution in [2.45, 2.75) is 51.3 Å². The summed E-state index contributed by atoms with van der Waals surface area (Å²) in [6, 6.07) is 0.951. The average molecular weight is 237 g/mol. The molecular weight excluding hydrogens is 214 g/mol. The monoisotopic (exact) mass is 237 g/mol. The normalized spacial score (nSPS) is 26.3. The maximum atomic E-state index is 5.82. The third-order valence-electron chi connectivity index (χ3n) is 3.42. The van der Waals surface area contributed by atoms with Crippen molar-refractivity contribution in [3.8, 4) is 0 Å². The lowest BCUT2D eigenvalue weighted by molar-refractivity contribution is 0.0874. The fraction of sp³-hybridized carbons (Fsp3) is 0.769. The molecule has 1 N–H and O–H groups in total. The van der Waals surface area contributed by atoms with Crippen molar-refractivity contribution < 1.29 is 4.74 Å². The largest absolute Gasteiger partial charge is 0.369 e. The van der Waals surface area contributed by atoms with E-state index >= 15 is 0 Å². The van der Waals surface area contributed by atoms with Gasteiger partial charge in [0, 0.05) is 38.1 Å². The molecule has 0 aliphatic carbocycles. The van der Waals surface area contributed by atoms with Crippen LogP contribution in [0.2, 0.25) is 0 Å². The SMILES string of the molecule is CCCC(C)N[C@H]1CCO[C@@H]1c1nccn1C. The van der Waals surface area contributed by atoms with E-state index in [0.717, 1.165) is 18.9 Å². The molecule has 0 saturated carbocycles. The van der Waals surface area contributed by atoms with Gasteiger partial charge < -0.3 is 14.6 Å². The van der Waals surface area contributed by atoms with Gasteiger partial charge in [-0.15, -0.1) is 0 Å². The Labute approximate surface area is 103 Å². The first-order valence-electron chi connectivity index (χ1n) is 6.57. The second kappa shape index (κ2) is 5.65. The van der Waals surface area contributed by atoms with Crippen molar-refractivity contribution in [3.05, 3.63) is 18.2 Å². The van der Waals surface area contributed by atoms with E-state index in [1.54, 1.807) is 0 Å². The predicted molar refractivity (Wildman–Crippen MR) is 67.8 cm³/mol. The molecule has 17 heavy (non-hydrogen) atoms. The summed E-state index contributed by atoms with van der Waals surface area (Å²) in [6.45, 7) is 5.30. The van der Waals surface area contributed by atoms with Gasteiger partial charge in [0.1, 0.15) is 11.9 Å². The Morgan fingerprint density at radius 1 is 1.65 bits per heavy atom. The maximum absolute atomic E-state index is 5.82. The Balaban J connectivity index is 2.00. The zero-order valence-corrected chi connectivity index (χ0v) is 11.0. The summed E-state index contributed by atoms with van der Waals surface area (Å²) in [5.41, 5.74) is 0. The van der Waals surface area contributed by atoms with Crippen LogP contribution in [0.15, 0.2) is 12.4 Å². The quantitative estimate of drug-likeness (QED) is 0.851. The molecule has 96 valence electrons. The smallest absolute Gasteiger partial charge is 0.139 e. The lowest BCUT2D eigenvalue weighted by Crippen LogP contribution is -2.38. The van der Waals surface area contributed by atoms with Crippen LogP contribution in [0.25, 0.3) is 0 Å². The summed E-state index contributed by atoms with van der Waals surface area (Å²) in [7, 11) is 2.02. The topological polar surface area (TPSA) is 39.1 Å². The van der Waals surface area contributed by atoms with Gasteiger partial charge in [-0.2, -0.15) is 0 Å². The van der Waals surface area contributed by atoms with Crippen molar-refractivity contribution in [3.63, 3.8) is 0 Å². The molecule has 0 aromatic carbocycles. The molecule has 1 saturated heterocycles. The van der Waals surface area contributed by atoms with E-state index < -0.39 is 0 Å². The number of imidazole rings is 1. The Kier molecular flexibility index (Phi) is 4.18. The van der Waals surface area contributed by atoms with Gasteiger partial charge in [0.05, 0.1) is 0 Å². The fourth-order valence-electron chi connectivity index (χ4n) is 2.55. The van der Waals surface area contributed by atoms with Gasteiger partial charge in [-0.1, -0.05) is 13.3 Å². The highest BCUT2D eigenvalue weighted by molar-refractivity contribution is 5.03. The van der Waals surface area contributed by atoms with Crippen LogP contribution in [0.1, 0.15) is 45.0 Å². The molecule has 1 unspecified atom stereocenters. The van der Waals surface area contributed by atoms with E-state index in [1.807, 2.05) is 19.4 Å². The van der Waals surface area contributed by atoms with Crippen LogP contribution in [-0.4, -0.2) is 28.2 Å². The summed E-state index contributed by atoms with van der Waals surface area (Å²) in [5, 5.41) is 3.67. The number of hydrogen-bond donors (Lipinski definition) is 1. The molecule has 4 heteroatoms. The van der Waals surface area contributed by atoms with Crippen LogP contribution in [-0.2, 0) is 11.8 Å². The van der Waals surface area contributed by atoms with Crippen LogP contribution in [0.5, 0.6) is 0 Å². The summed E-state index contributed by atoms with van der Waals surface area (Å²) in [6.07, 6.45) is 7.42. The van der Waals surface area contributed by atoms with E-state index in [-0.39, 0.29) is 6.10 Å². The Morgan fingerprint density at radius 3 is 3.12 bits per heavy atom. The minimum absolute atomic E-state index is 0.106. The van der Waals surface area contributed by atoms with Crippen molar-refractivity contribution in [1.29, 1.82) is 0 Å². The summed E-state index contributed by atoms with van der Waals surface area (Å²) in [5.74, 6) is 1.03. The second-order valence-electron chi connectivity index (χ2n) is 4.94. The number of nitrogens with one attached hydrogen (secondary N) is 1. The van der Waals surface area contributed by atoms with E-state index in [4.69, 9.17) is 4.74 Å². The van der Waals surface area contributed by atoms with E-state index in [0.29, 0.717) is 12.1 Å². The van der Waals surface area contributed by atoms with Crippen LogP contribution in [0.3, 0.4) is 0 Å². The van der Waals surface area contributed by atoms with Crippen LogP contribution in [0, 0.1) is 0 Å². The maximum Gasteiger partial charge on any atom is 0.139 e. The van der Waals surface area contributed by atoms with Gasteiger partial charge >= 0.3 is 0 Å². The predicted octanol–water partition coefficient (Wildman–Crippen LogP) is 2.03. The third-order valence-corrected chi connectivity index (χ3v) is 3.42. The molecule has 1 aliphatic heterocycles. The van der Waals surface area contributed by atoms with Gasteiger partial charge in [-0.05, 0) is 19.8 Å². The first kappa shape index (κ1) is 12.6. The summed E-state index contributed by atoms with van der Waals surface area (Å²) in [4.78, 5) is 4.40. The molecule has 1 aromatic rings. The van der Waals surface area contributed by atoms with Crippen LogP contribution in [0.4, 0.5) is 0 Å². The summed E-state index contributed by atoms with van der Waals surface area (Å²) >= 11 is 0. The molecule has 0 bridgehead atoms. The number of ether oxygens (including phenoxy) is 1.